The highest BCUT2D eigenvalue weighted by Crippen LogP contribution is 2.29. The minimum atomic E-state index is -0.0232. The summed E-state index contributed by atoms with van der Waals surface area (Å²) in [5.41, 5.74) is 2.69. The minimum Gasteiger partial charge on any atom is -0.384 e. The number of carbonyl (C=O) groups excluding carboxylic acids is 1. The van der Waals surface area contributed by atoms with Gasteiger partial charge in [0.15, 0.2) is 5.13 Å². The summed E-state index contributed by atoms with van der Waals surface area (Å²) in [6, 6.07) is 1.94. The van der Waals surface area contributed by atoms with Crippen molar-refractivity contribution in [2.45, 2.75) is 26.7 Å². The Morgan fingerprint density at radius 2 is 2.20 bits per heavy atom. The third kappa shape index (κ3) is 3.78. The Kier molecular flexibility index (Phi) is 5.56. The summed E-state index contributed by atoms with van der Waals surface area (Å²) >= 11 is 1.57. The maximum absolute atomic E-state index is 12.8. The van der Waals surface area contributed by atoms with Crippen LogP contribution in [0.5, 0.6) is 0 Å². The van der Waals surface area contributed by atoms with Crippen LogP contribution in [0.25, 0.3) is 5.13 Å². The molecule has 0 saturated carbocycles. The lowest BCUT2D eigenvalue weighted by molar-refractivity contribution is 0.0511. The third-order valence-corrected chi connectivity index (χ3v) is 5.78. The first kappa shape index (κ1) is 18.1. The highest BCUT2D eigenvalue weighted by Gasteiger charge is 2.33. The summed E-state index contributed by atoms with van der Waals surface area (Å²) in [4.78, 5) is 17.2. The molecule has 0 unspecified atom stereocenters. The molecule has 1 amide bonds. The smallest absolute Gasteiger partial charge is 0.253 e. The molecule has 7 heteroatoms. The van der Waals surface area contributed by atoms with Gasteiger partial charge in [0.25, 0.3) is 5.91 Å². The van der Waals surface area contributed by atoms with Crippen molar-refractivity contribution in [1.29, 1.82) is 0 Å². The number of nitrogens with one attached hydrogen (secondary N) is 2. The van der Waals surface area contributed by atoms with Crippen LogP contribution in [0.15, 0.2) is 17.6 Å². The fraction of sp³-hybridized carbons (Fsp3) is 0.556. The Labute approximate surface area is 152 Å². The summed E-state index contributed by atoms with van der Waals surface area (Å²) in [6.45, 7) is 7.23. The van der Waals surface area contributed by atoms with Gasteiger partial charge < -0.3 is 15.4 Å². The monoisotopic (exact) mass is 362 g/mol. The second kappa shape index (κ2) is 7.68. The normalized spacial score (nSPS) is 16.8. The average molecular weight is 362 g/mol. The van der Waals surface area contributed by atoms with E-state index in [4.69, 9.17) is 4.74 Å². The van der Waals surface area contributed by atoms with Gasteiger partial charge in [0.05, 0.1) is 12.2 Å². The van der Waals surface area contributed by atoms with Crippen LogP contribution in [0.1, 0.15) is 34.6 Å². The number of amides is 1. The van der Waals surface area contributed by atoms with Gasteiger partial charge >= 0.3 is 0 Å². The largest absolute Gasteiger partial charge is 0.384 e. The Hall–Kier alpha value is -1.70. The Bertz CT molecular complexity index is 712. The number of piperidine rings is 1. The summed E-state index contributed by atoms with van der Waals surface area (Å²) in [5.74, 6) is -0.0232. The van der Waals surface area contributed by atoms with Gasteiger partial charge in [-0.2, -0.15) is 0 Å². The summed E-state index contributed by atoms with van der Waals surface area (Å²) in [5, 5.41) is 9.36. The molecule has 0 bridgehead atoms. The molecule has 0 spiro atoms. The molecular formula is C18H26N4O2S. The van der Waals surface area contributed by atoms with Crippen molar-refractivity contribution in [3.63, 3.8) is 0 Å². The lowest BCUT2D eigenvalue weighted by Gasteiger charge is -2.37. The van der Waals surface area contributed by atoms with Gasteiger partial charge in [0.1, 0.15) is 0 Å². The highest BCUT2D eigenvalue weighted by atomic mass is 32.1. The Morgan fingerprint density at radius 1 is 1.44 bits per heavy atom. The first-order valence-corrected chi connectivity index (χ1v) is 9.51. The summed E-state index contributed by atoms with van der Waals surface area (Å²) < 4.78 is 7.47. The molecule has 6 nitrogen and oxygen atoms in total. The molecule has 136 valence electrons. The van der Waals surface area contributed by atoms with E-state index in [9.17, 15) is 4.79 Å². The van der Waals surface area contributed by atoms with Gasteiger partial charge in [-0.15, -0.1) is 11.3 Å². The molecule has 0 aromatic carbocycles. The molecule has 1 fully saturated rings. The van der Waals surface area contributed by atoms with E-state index in [1.807, 2.05) is 29.9 Å². The summed E-state index contributed by atoms with van der Waals surface area (Å²) in [7, 11) is 1.73. The number of aromatic nitrogens is 2. The minimum absolute atomic E-state index is 0.0232. The molecule has 2 aromatic rings. The van der Waals surface area contributed by atoms with E-state index in [0.717, 1.165) is 42.5 Å². The molecular weight excluding hydrogens is 336 g/mol. The van der Waals surface area contributed by atoms with Crippen molar-refractivity contribution in [3.8, 4) is 5.13 Å². The molecule has 2 aromatic heterocycles. The molecule has 2 N–H and O–H groups in total. The number of rotatable bonds is 6. The van der Waals surface area contributed by atoms with Crippen LogP contribution in [0.4, 0.5) is 0 Å². The van der Waals surface area contributed by atoms with Gasteiger partial charge in [0, 0.05) is 42.0 Å². The van der Waals surface area contributed by atoms with Gasteiger partial charge in [-0.25, -0.2) is 4.98 Å². The van der Waals surface area contributed by atoms with Crippen molar-refractivity contribution in [2.24, 2.45) is 5.41 Å². The van der Waals surface area contributed by atoms with E-state index in [1.165, 1.54) is 0 Å². The van der Waals surface area contributed by atoms with Crippen molar-refractivity contribution >= 4 is 17.2 Å². The maximum atomic E-state index is 12.8. The number of ether oxygens (including phenoxy) is 1. The van der Waals surface area contributed by atoms with E-state index in [0.29, 0.717) is 18.7 Å². The van der Waals surface area contributed by atoms with E-state index in [2.05, 4.69) is 15.6 Å². The zero-order valence-corrected chi connectivity index (χ0v) is 15.9. The van der Waals surface area contributed by atoms with E-state index in [-0.39, 0.29) is 11.3 Å². The molecule has 3 heterocycles. The zero-order valence-electron chi connectivity index (χ0n) is 15.1. The lowest BCUT2D eigenvalue weighted by Crippen LogP contribution is -2.47. The molecule has 1 aliphatic rings. The number of carbonyl (C=O) groups is 1. The number of thiazole rings is 1. The van der Waals surface area contributed by atoms with E-state index in [1.54, 1.807) is 24.6 Å². The summed E-state index contributed by atoms with van der Waals surface area (Å²) in [6.07, 6.45) is 3.81. The van der Waals surface area contributed by atoms with Crippen LogP contribution in [-0.2, 0) is 4.74 Å². The van der Waals surface area contributed by atoms with Crippen LogP contribution >= 0.6 is 11.3 Å². The number of hydrogen-bond acceptors (Lipinski definition) is 5. The Morgan fingerprint density at radius 3 is 2.84 bits per heavy atom. The molecule has 3 rings (SSSR count). The van der Waals surface area contributed by atoms with Crippen molar-refractivity contribution in [3.05, 3.63) is 34.6 Å². The fourth-order valence-corrected chi connectivity index (χ4v) is 4.36. The first-order chi connectivity index (χ1) is 12.1. The average Bonchev–Trinajstić information content (AvgIpc) is 3.22. The second-order valence-electron chi connectivity index (χ2n) is 6.80. The van der Waals surface area contributed by atoms with Gasteiger partial charge in [-0.3, -0.25) is 9.36 Å². The van der Waals surface area contributed by atoms with Crippen molar-refractivity contribution < 1.29 is 9.53 Å². The molecule has 0 radical (unpaired) electrons. The molecule has 25 heavy (non-hydrogen) atoms. The van der Waals surface area contributed by atoms with Crippen LogP contribution in [0, 0.1) is 19.3 Å². The van der Waals surface area contributed by atoms with E-state index < -0.39 is 0 Å². The predicted octanol–water partition coefficient (Wildman–Crippen LogP) is 2.30. The van der Waals surface area contributed by atoms with Crippen molar-refractivity contribution in [1.82, 2.24) is 20.2 Å². The van der Waals surface area contributed by atoms with E-state index >= 15 is 0 Å². The molecule has 1 aliphatic heterocycles. The van der Waals surface area contributed by atoms with Gasteiger partial charge in [-0.1, -0.05) is 0 Å². The number of aryl methyl sites for hydroxylation is 1. The Balaban J connectivity index is 1.74. The molecule has 0 atom stereocenters. The topological polar surface area (TPSA) is 68.2 Å². The fourth-order valence-electron chi connectivity index (χ4n) is 3.61. The quantitative estimate of drug-likeness (QED) is 0.827. The van der Waals surface area contributed by atoms with Crippen LogP contribution in [0.2, 0.25) is 0 Å². The van der Waals surface area contributed by atoms with Crippen LogP contribution in [0.3, 0.4) is 0 Å². The SMILES string of the molecule is COCC1(CNC(=O)c2cc(C)n(-c3nccs3)c2C)CCNCC1. The first-order valence-electron chi connectivity index (χ1n) is 8.63. The third-order valence-electron chi connectivity index (χ3n) is 5.03. The molecule has 1 saturated heterocycles. The van der Waals surface area contributed by atoms with Crippen molar-refractivity contribution in [2.75, 3.05) is 33.4 Å². The molecule has 0 aliphatic carbocycles. The van der Waals surface area contributed by atoms with Gasteiger partial charge in [0.2, 0.25) is 0 Å². The number of nitrogens with zero attached hydrogens (tertiary/aromatic N) is 2. The second-order valence-corrected chi connectivity index (χ2v) is 7.67. The highest BCUT2D eigenvalue weighted by molar-refractivity contribution is 7.12. The van der Waals surface area contributed by atoms with Gasteiger partial charge in [-0.05, 0) is 45.8 Å². The number of methoxy groups -OCH3 is 1. The lowest BCUT2D eigenvalue weighted by atomic mass is 9.79. The maximum Gasteiger partial charge on any atom is 0.253 e. The van der Waals surface area contributed by atoms with Crippen LogP contribution in [-0.4, -0.2) is 48.8 Å². The predicted molar refractivity (Wildman–Crippen MR) is 99.7 cm³/mol. The standard InChI is InChI=1S/C18H26N4O2S/c1-13-10-15(14(2)22(13)17-20-8-9-25-17)16(23)21-11-18(12-24-3)4-6-19-7-5-18/h8-10,19H,4-7,11-12H2,1-3H3,(H,21,23). The zero-order chi connectivity index (χ0) is 17.9. The van der Waals surface area contributed by atoms with Crippen LogP contribution < -0.4 is 10.6 Å². The number of hydrogen-bond donors (Lipinski definition) is 2.